The molecule has 0 radical (unpaired) electrons. The van der Waals surface area contributed by atoms with Crippen molar-refractivity contribution in [2.24, 2.45) is 10.8 Å². The number of carbonyl (C=O) groups is 3. The zero-order valence-corrected chi connectivity index (χ0v) is 26.7. The Labute approximate surface area is 255 Å². The second-order valence-electron chi connectivity index (χ2n) is 12.2. The van der Waals surface area contributed by atoms with E-state index in [2.05, 4.69) is 64.9 Å². The molecule has 1 N–H and O–H groups in total. The summed E-state index contributed by atoms with van der Waals surface area (Å²) in [6.07, 6.45) is 2.03. The number of hydrogen-bond acceptors (Lipinski definition) is 5. The average Bonchev–Trinajstić information content (AvgIpc) is 2.82. The Morgan fingerprint density at radius 3 is 1.93 bits per heavy atom. The first-order valence-corrected chi connectivity index (χ1v) is 15.1. The summed E-state index contributed by atoms with van der Waals surface area (Å²) in [4.78, 5) is 39.6. The fourth-order valence-electron chi connectivity index (χ4n) is 5.76. The van der Waals surface area contributed by atoms with Gasteiger partial charge < -0.3 is 14.8 Å². The molecule has 0 aromatic heterocycles. The number of ether oxygens (including phenoxy) is 2. The summed E-state index contributed by atoms with van der Waals surface area (Å²) in [5.41, 5.74) is 2.08. The quantitative estimate of drug-likeness (QED) is 0.342. The SMILES string of the molecule is CC1(C)CC(=O)C2=C(C1)OC1=C(C(=O)CC(C)(C)C1)C2c1cc(Br)c(OCC(=O)Nc2ccc(Cl)cc2)c(Br)c1. The van der Waals surface area contributed by atoms with Gasteiger partial charge in [-0.2, -0.15) is 0 Å². The number of benzene rings is 2. The lowest BCUT2D eigenvalue weighted by Gasteiger charge is -2.42. The maximum Gasteiger partial charge on any atom is 0.262 e. The van der Waals surface area contributed by atoms with Gasteiger partial charge in [-0.25, -0.2) is 0 Å². The molecular formula is C31H30Br2ClNO5. The van der Waals surface area contributed by atoms with Gasteiger partial charge in [0.15, 0.2) is 18.2 Å². The molecule has 2 aromatic carbocycles. The van der Waals surface area contributed by atoms with Crippen LogP contribution in [0.15, 0.2) is 68.0 Å². The maximum absolute atomic E-state index is 13.5. The molecule has 9 heteroatoms. The molecule has 1 aliphatic heterocycles. The van der Waals surface area contributed by atoms with Crippen molar-refractivity contribution in [3.05, 3.63) is 78.6 Å². The molecule has 0 saturated carbocycles. The number of carbonyl (C=O) groups excluding carboxylic acids is 3. The zero-order chi connectivity index (χ0) is 29.0. The third-order valence-corrected chi connectivity index (χ3v) is 8.84. The Bertz CT molecular complexity index is 1410. The number of allylic oxidation sites excluding steroid dienone is 4. The number of halogens is 3. The predicted octanol–water partition coefficient (Wildman–Crippen LogP) is 8.28. The van der Waals surface area contributed by atoms with Gasteiger partial charge in [-0.05, 0) is 84.7 Å². The highest BCUT2D eigenvalue weighted by molar-refractivity contribution is 9.11. The fourth-order valence-corrected chi connectivity index (χ4v) is 7.34. The number of ketones is 2. The first-order chi connectivity index (χ1) is 18.7. The number of rotatable bonds is 5. The molecular weight excluding hydrogens is 662 g/mol. The van der Waals surface area contributed by atoms with E-state index >= 15 is 0 Å². The van der Waals surface area contributed by atoms with Crippen molar-refractivity contribution in [3.8, 4) is 5.75 Å². The molecule has 0 unspecified atom stereocenters. The van der Waals surface area contributed by atoms with Crippen LogP contribution in [0.25, 0.3) is 0 Å². The molecule has 0 atom stereocenters. The van der Waals surface area contributed by atoms with Crippen molar-refractivity contribution in [1.82, 2.24) is 0 Å². The van der Waals surface area contributed by atoms with E-state index in [1.165, 1.54) is 0 Å². The monoisotopic (exact) mass is 689 g/mol. The van der Waals surface area contributed by atoms with E-state index in [1.807, 2.05) is 12.1 Å². The molecule has 1 amide bonds. The molecule has 0 saturated heterocycles. The van der Waals surface area contributed by atoms with Crippen LogP contribution >= 0.6 is 43.5 Å². The minimum absolute atomic E-state index is 0.00637. The van der Waals surface area contributed by atoms with Crippen LogP contribution in [-0.4, -0.2) is 24.1 Å². The van der Waals surface area contributed by atoms with Gasteiger partial charge in [0, 0.05) is 53.5 Å². The summed E-state index contributed by atoms with van der Waals surface area (Å²) >= 11 is 13.1. The van der Waals surface area contributed by atoms with E-state index in [-0.39, 0.29) is 34.9 Å². The van der Waals surface area contributed by atoms with Crippen LogP contribution in [-0.2, 0) is 19.1 Å². The molecule has 2 aromatic rings. The summed E-state index contributed by atoms with van der Waals surface area (Å²) in [5.74, 6) is 0.936. The minimum Gasteiger partial charge on any atom is -0.481 e. The second kappa shape index (κ2) is 10.8. The molecule has 0 fully saturated rings. The first kappa shape index (κ1) is 29.1. The molecule has 5 rings (SSSR count). The molecule has 1 heterocycles. The molecule has 210 valence electrons. The van der Waals surface area contributed by atoms with Crippen molar-refractivity contribution in [1.29, 1.82) is 0 Å². The topological polar surface area (TPSA) is 81.7 Å². The third kappa shape index (κ3) is 5.95. The number of Topliss-reactive ketones (excluding diaryl/α,β-unsaturated/α-hetero) is 2. The van der Waals surface area contributed by atoms with Gasteiger partial charge >= 0.3 is 0 Å². The van der Waals surface area contributed by atoms with Crippen LogP contribution < -0.4 is 10.1 Å². The number of anilines is 1. The highest BCUT2D eigenvalue weighted by Gasteiger charge is 2.48. The van der Waals surface area contributed by atoms with Gasteiger partial charge in [0.2, 0.25) is 0 Å². The molecule has 0 bridgehead atoms. The van der Waals surface area contributed by atoms with Crippen LogP contribution in [0.3, 0.4) is 0 Å². The number of amides is 1. The highest BCUT2D eigenvalue weighted by atomic mass is 79.9. The summed E-state index contributed by atoms with van der Waals surface area (Å²) in [7, 11) is 0. The molecule has 3 aliphatic rings. The number of hydrogen-bond donors (Lipinski definition) is 1. The van der Waals surface area contributed by atoms with Crippen LogP contribution in [0.4, 0.5) is 5.69 Å². The number of nitrogens with one attached hydrogen (secondary N) is 1. The maximum atomic E-state index is 13.5. The van der Waals surface area contributed by atoms with Crippen molar-refractivity contribution < 1.29 is 23.9 Å². The van der Waals surface area contributed by atoms with E-state index in [0.29, 0.717) is 73.8 Å². The standard InChI is InChI=1S/C31H30Br2ClNO5/c1-30(2)11-21(36)27-23(13-30)40-24-14-31(3,4)12-22(37)28(24)26(27)16-9-19(32)29(20(33)10-16)39-15-25(38)35-18-7-5-17(34)6-8-18/h5-10,26H,11-15H2,1-4H3,(H,35,38). The molecule has 2 aliphatic carbocycles. The fraction of sp³-hybridized carbons (Fsp3) is 0.387. The minimum atomic E-state index is -0.527. The lowest BCUT2D eigenvalue weighted by molar-refractivity contribution is -0.120. The van der Waals surface area contributed by atoms with E-state index in [0.717, 1.165) is 5.56 Å². The Morgan fingerprint density at radius 1 is 0.925 bits per heavy atom. The van der Waals surface area contributed by atoms with E-state index < -0.39 is 5.92 Å². The van der Waals surface area contributed by atoms with Gasteiger partial charge in [0.1, 0.15) is 17.3 Å². The second-order valence-corrected chi connectivity index (χ2v) is 14.4. The molecule has 40 heavy (non-hydrogen) atoms. The van der Waals surface area contributed by atoms with Crippen molar-refractivity contribution >= 4 is 66.6 Å². The highest BCUT2D eigenvalue weighted by Crippen LogP contribution is 2.54. The summed E-state index contributed by atoms with van der Waals surface area (Å²) in [6.45, 7) is 8.04. The van der Waals surface area contributed by atoms with Crippen LogP contribution in [0.5, 0.6) is 5.75 Å². The normalized spacial score (nSPS) is 20.1. The van der Waals surface area contributed by atoms with Crippen molar-refractivity contribution in [2.45, 2.75) is 59.3 Å². The summed E-state index contributed by atoms with van der Waals surface area (Å²) < 4.78 is 13.4. The van der Waals surface area contributed by atoms with Gasteiger partial charge in [-0.3, -0.25) is 14.4 Å². The Morgan fingerprint density at radius 2 is 1.43 bits per heavy atom. The lowest BCUT2D eigenvalue weighted by atomic mass is 9.65. The van der Waals surface area contributed by atoms with Crippen LogP contribution in [0.2, 0.25) is 5.02 Å². The van der Waals surface area contributed by atoms with E-state index in [1.54, 1.807) is 24.3 Å². The average molecular weight is 692 g/mol. The molecule has 0 spiro atoms. The Balaban J connectivity index is 1.47. The predicted molar refractivity (Wildman–Crippen MR) is 161 cm³/mol. The van der Waals surface area contributed by atoms with Gasteiger partial charge in [0.25, 0.3) is 5.91 Å². The van der Waals surface area contributed by atoms with Crippen molar-refractivity contribution in [2.75, 3.05) is 11.9 Å². The largest absolute Gasteiger partial charge is 0.481 e. The van der Waals surface area contributed by atoms with E-state index in [9.17, 15) is 14.4 Å². The van der Waals surface area contributed by atoms with Crippen LogP contribution in [0, 0.1) is 10.8 Å². The zero-order valence-electron chi connectivity index (χ0n) is 22.8. The smallest absolute Gasteiger partial charge is 0.262 e. The van der Waals surface area contributed by atoms with Gasteiger partial charge in [-0.15, -0.1) is 0 Å². The van der Waals surface area contributed by atoms with Gasteiger partial charge in [-0.1, -0.05) is 39.3 Å². The first-order valence-electron chi connectivity index (χ1n) is 13.1. The summed E-state index contributed by atoms with van der Waals surface area (Å²) in [5, 5.41) is 3.35. The Hall–Kier alpha value is -2.42. The third-order valence-electron chi connectivity index (χ3n) is 7.41. The summed E-state index contributed by atoms with van der Waals surface area (Å²) in [6, 6.07) is 10.5. The lowest BCUT2D eigenvalue weighted by Crippen LogP contribution is -2.37. The van der Waals surface area contributed by atoms with Gasteiger partial charge in [0.05, 0.1) is 8.95 Å². The van der Waals surface area contributed by atoms with Crippen molar-refractivity contribution in [3.63, 3.8) is 0 Å². The Kier molecular flexibility index (Phi) is 7.83. The molecule has 6 nitrogen and oxygen atoms in total. The van der Waals surface area contributed by atoms with E-state index in [4.69, 9.17) is 21.1 Å². The van der Waals surface area contributed by atoms with Crippen LogP contribution in [0.1, 0.15) is 64.9 Å².